The van der Waals surface area contributed by atoms with Crippen molar-refractivity contribution in [2.45, 2.75) is 25.8 Å². The van der Waals surface area contributed by atoms with Gasteiger partial charge in [0.25, 0.3) is 0 Å². The molecule has 92 valence electrons. The third-order valence-electron chi connectivity index (χ3n) is 2.88. The molecule has 0 aromatic carbocycles. The van der Waals surface area contributed by atoms with Crippen molar-refractivity contribution in [3.05, 3.63) is 42.1 Å². The zero-order chi connectivity index (χ0) is 12.1. The maximum atomic E-state index is 5.12. The summed E-state index contributed by atoms with van der Waals surface area (Å²) in [5.74, 6) is 0. The molecule has 0 aliphatic rings. The number of hydrogen-bond acceptors (Lipinski definition) is 3. The first kappa shape index (κ1) is 11.9. The minimum absolute atomic E-state index is 0.292. The number of nitrogens with one attached hydrogen (secondary N) is 1. The van der Waals surface area contributed by atoms with Gasteiger partial charge in [-0.05, 0) is 37.1 Å². The van der Waals surface area contributed by atoms with Gasteiger partial charge in [0.05, 0.1) is 24.3 Å². The number of hydrogen-bond donors (Lipinski definition) is 1. The summed E-state index contributed by atoms with van der Waals surface area (Å²) in [6.45, 7) is 3.18. The fourth-order valence-electron chi connectivity index (χ4n) is 1.97. The molecular weight excluding hydrogens is 214 g/mol. The first-order chi connectivity index (χ1) is 8.31. The van der Waals surface area contributed by atoms with E-state index in [0.29, 0.717) is 6.04 Å². The fraction of sp³-hybridized carbons (Fsp3) is 0.462. The molecule has 0 spiro atoms. The number of aryl methyl sites for hydroxylation is 1. The van der Waals surface area contributed by atoms with E-state index in [4.69, 9.17) is 4.42 Å². The standard InChI is InChI=1S/C13H19N3O/c1-3-6-14-12(9-11-5-8-17-10-11)13-4-7-15-16(13)2/h4-5,7-8,10,12,14H,3,6,9H2,1-2H3. The van der Waals surface area contributed by atoms with Crippen LogP contribution in [0.2, 0.25) is 0 Å². The van der Waals surface area contributed by atoms with E-state index in [1.807, 2.05) is 24.0 Å². The molecule has 1 atom stereocenters. The molecule has 0 bridgehead atoms. The summed E-state index contributed by atoms with van der Waals surface area (Å²) in [6.07, 6.45) is 7.41. The largest absolute Gasteiger partial charge is 0.472 e. The molecule has 1 N–H and O–H groups in total. The summed E-state index contributed by atoms with van der Waals surface area (Å²) in [6, 6.07) is 4.37. The Bertz CT molecular complexity index is 433. The van der Waals surface area contributed by atoms with E-state index in [0.717, 1.165) is 19.4 Å². The SMILES string of the molecule is CCCNC(Cc1ccoc1)c1ccnn1C. The molecule has 0 fully saturated rings. The van der Waals surface area contributed by atoms with Crippen LogP contribution in [0.5, 0.6) is 0 Å². The van der Waals surface area contributed by atoms with Crippen LogP contribution in [-0.4, -0.2) is 16.3 Å². The van der Waals surface area contributed by atoms with Crippen molar-refractivity contribution in [3.8, 4) is 0 Å². The zero-order valence-corrected chi connectivity index (χ0v) is 10.4. The van der Waals surface area contributed by atoms with Gasteiger partial charge >= 0.3 is 0 Å². The first-order valence-electron chi connectivity index (χ1n) is 6.03. The number of furan rings is 1. The fourth-order valence-corrected chi connectivity index (χ4v) is 1.97. The van der Waals surface area contributed by atoms with Crippen LogP contribution < -0.4 is 5.32 Å². The third-order valence-corrected chi connectivity index (χ3v) is 2.88. The Morgan fingerprint density at radius 1 is 1.47 bits per heavy atom. The lowest BCUT2D eigenvalue weighted by molar-refractivity contribution is 0.489. The van der Waals surface area contributed by atoms with E-state index >= 15 is 0 Å². The topological polar surface area (TPSA) is 43.0 Å². The molecule has 1 unspecified atom stereocenters. The highest BCUT2D eigenvalue weighted by atomic mass is 16.3. The lowest BCUT2D eigenvalue weighted by atomic mass is 10.1. The molecule has 0 amide bonds. The molecule has 2 rings (SSSR count). The van der Waals surface area contributed by atoms with E-state index in [2.05, 4.69) is 23.4 Å². The summed E-state index contributed by atoms with van der Waals surface area (Å²) in [5.41, 5.74) is 2.42. The molecule has 0 aliphatic heterocycles. The van der Waals surface area contributed by atoms with Crippen molar-refractivity contribution in [1.82, 2.24) is 15.1 Å². The molecule has 0 saturated carbocycles. The molecule has 2 aromatic heterocycles. The van der Waals surface area contributed by atoms with Crippen LogP contribution in [0.3, 0.4) is 0 Å². The highest BCUT2D eigenvalue weighted by Crippen LogP contribution is 2.18. The van der Waals surface area contributed by atoms with Crippen molar-refractivity contribution < 1.29 is 4.42 Å². The number of rotatable bonds is 6. The second-order valence-electron chi connectivity index (χ2n) is 4.22. The van der Waals surface area contributed by atoms with Gasteiger partial charge in [0.2, 0.25) is 0 Å². The number of aromatic nitrogens is 2. The summed E-state index contributed by atoms with van der Waals surface area (Å²) in [5, 5.41) is 7.78. The van der Waals surface area contributed by atoms with Crippen LogP contribution in [0.15, 0.2) is 35.3 Å². The quantitative estimate of drug-likeness (QED) is 0.832. The Hall–Kier alpha value is -1.55. The van der Waals surface area contributed by atoms with Crippen LogP contribution in [0.4, 0.5) is 0 Å². The van der Waals surface area contributed by atoms with Gasteiger partial charge in [0.1, 0.15) is 0 Å². The highest BCUT2D eigenvalue weighted by molar-refractivity contribution is 5.14. The van der Waals surface area contributed by atoms with Gasteiger partial charge in [-0.25, -0.2) is 0 Å². The smallest absolute Gasteiger partial charge is 0.0935 e. The minimum Gasteiger partial charge on any atom is -0.472 e. The molecule has 4 nitrogen and oxygen atoms in total. The Morgan fingerprint density at radius 2 is 2.35 bits per heavy atom. The van der Waals surface area contributed by atoms with Crippen LogP contribution in [0.25, 0.3) is 0 Å². The van der Waals surface area contributed by atoms with Gasteiger partial charge in [-0.15, -0.1) is 0 Å². The lowest BCUT2D eigenvalue weighted by Gasteiger charge is -2.18. The average molecular weight is 233 g/mol. The molecule has 4 heteroatoms. The van der Waals surface area contributed by atoms with Gasteiger partial charge in [0.15, 0.2) is 0 Å². The van der Waals surface area contributed by atoms with Crippen LogP contribution in [0, 0.1) is 0 Å². The zero-order valence-electron chi connectivity index (χ0n) is 10.4. The Kier molecular flexibility index (Phi) is 3.98. The number of nitrogens with zero attached hydrogens (tertiary/aromatic N) is 2. The van der Waals surface area contributed by atoms with Gasteiger partial charge in [-0.3, -0.25) is 4.68 Å². The van der Waals surface area contributed by atoms with Crippen LogP contribution in [-0.2, 0) is 13.5 Å². The van der Waals surface area contributed by atoms with Gasteiger partial charge in [-0.2, -0.15) is 5.10 Å². The van der Waals surface area contributed by atoms with Crippen molar-refractivity contribution in [3.63, 3.8) is 0 Å². The predicted octanol–water partition coefficient (Wildman–Crippen LogP) is 2.30. The monoisotopic (exact) mass is 233 g/mol. The highest BCUT2D eigenvalue weighted by Gasteiger charge is 2.15. The molecule has 2 aromatic rings. The molecule has 17 heavy (non-hydrogen) atoms. The molecule has 2 heterocycles. The van der Waals surface area contributed by atoms with Crippen molar-refractivity contribution >= 4 is 0 Å². The predicted molar refractivity (Wildman–Crippen MR) is 66.7 cm³/mol. The maximum absolute atomic E-state index is 5.12. The van der Waals surface area contributed by atoms with Gasteiger partial charge < -0.3 is 9.73 Å². The van der Waals surface area contributed by atoms with Crippen molar-refractivity contribution in [2.24, 2.45) is 7.05 Å². The third kappa shape index (κ3) is 2.97. The van der Waals surface area contributed by atoms with E-state index < -0.39 is 0 Å². The molecular formula is C13H19N3O. The first-order valence-corrected chi connectivity index (χ1v) is 6.03. The molecule has 0 aliphatic carbocycles. The summed E-state index contributed by atoms with van der Waals surface area (Å²) in [7, 11) is 1.98. The molecule has 0 radical (unpaired) electrons. The van der Waals surface area contributed by atoms with Crippen LogP contribution >= 0.6 is 0 Å². The summed E-state index contributed by atoms with van der Waals surface area (Å²) >= 11 is 0. The Labute approximate surface area is 102 Å². The normalized spacial score (nSPS) is 12.8. The minimum atomic E-state index is 0.292. The van der Waals surface area contributed by atoms with Gasteiger partial charge in [0, 0.05) is 13.2 Å². The van der Waals surface area contributed by atoms with Crippen molar-refractivity contribution in [1.29, 1.82) is 0 Å². The van der Waals surface area contributed by atoms with E-state index in [1.54, 1.807) is 12.5 Å². The summed E-state index contributed by atoms with van der Waals surface area (Å²) < 4.78 is 7.04. The van der Waals surface area contributed by atoms with Crippen LogP contribution in [0.1, 0.15) is 30.6 Å². The summed E-state index contributed by atoms with van der Waals surface area (Å²) in [4.78, 5) is 0. The van der Waals surface area contributed by atoms with Crippen molar-refractivity contribution in [2.75, 3.05) is 6.54 Å². The lowest BCUT2D eigenvalue weighted by Crippen LogP contribution is -2.26. The average Bonchev–Trinajstić information content (AvgIpc) is 2.95. The molecule has 0 saturated heterocycles. The second kappa shape index (κ2) is 5.68. The van der Waals surface area contributed by atoms with Gasteiger partial charge in [-0.1, -0.05) is 6.92 Å². The Balaban J connectivity index is 2.11. The Morgan fingerprint density at radius 3 is 2.94 bits per heavy atom. The van der Waals surface area contributed by atoms with E-state index in [-0.39, 0.29) is 0 Å². The maximum Gasteiger partial charge on any atom is 0.0935 e. The van der Waals surface area contributed by atoms with E-state index in [1.165, 1.54) is 11.3 Å². The van der Waals surface area contributed by atoms with E-state index in [9.17, 15) is 0 Å². The second-order valence-corrected chi connectivity index (χ2v) is 4.22.